The molecule has 1 unspecified atom stereocenters. The summed E-state index contributed by atoms with van der Waals surface area (Å²) in [7, 11) is 0. The Bertz CT molecular complexity index is 948. The van der Waals surface area contributed by atoms with Crippen LogP contribution in [0, 0.1) is 5.92 Å². The maximum Gasteiger partial charge on any atom is 0.260 e. The fraction of sp³-hybridized carbons (Fsp3) is 0.333. The van der Waals surface area contributed by atoms with Gasteiger partial charge in [0.1, 0.15) is 0 Å². The molecular formula is C21H24N4O. The van der Waals surface area contributed by atoms with Gasteiger partial charge < -0.3 is 5.32 Å². The van der Waals surface area contributed by atoms with Crippen LogP contribution in [0.2, 0.25) is 0 Å². The predicted molar refractivity (Wildman–Crippen MR) is 106 cm³/mol. The minimum Gasteiger partial charge on any atom is -0.326 e. The van der Waals surface area contributed by atoms with E-state index in [9.17, 15) is 4.79 Å². The summed E-state index contributed by atoms with van der Waals surface area (Å²) in [6, 6.07) is 15.7. The molecule has 2 heterocycles. The van der Waals surface area contributed by atoms with Crippen molar-refractivity contribution < 1.29 is 0 Å². The minimum absolute atomic E-state index is 0.131. The second-order valence-electron chi connectivity index (χ2n) is 7.24. The van der Waals surface area contributed by atoms with Crippen LogP contribution in [0.4, 0.5) is 11.6 Å². The molecule has 0 spiro atoms. The standard InChI is InChI=1S/C21H24N4O/c1-15-5-4-12-25(13-15)14-16-8-10-17(11-9-16)22-21-23-19-7-3-2-6-18(19)20(26)24-21/h2-3,6-11,15H,4-5,12-14H2,1H3,(H2,22,23,24,26). The van der Waals surface area contributed by atoms with Crippen molar-refractivity contribution in [2.24, 2.45) is 5.92 Å². The third-order valence-corrected chi connectivity index (χ3v) is 4.98. The van der Waals surface area contributed by atoms with Crippen molar-refractivity contribution in [3.63, 3.8) is 0 Å². The number of hydrogen-bond acceptors (Lipinski definition) is 4. The van der Waals surface area contributed by atoms with Gasteiger partial charge in [-0.3, -0.25) is 14.7 Å². The van der Waals surface area contributed by atoms with E-state index in [1.165, 1.54) is 31.5 Å². The van der Waals surface area contributed by atoms with E-state index in [0.717, 1.165) is 18.2 Å². The average molecular weight is 348 g/mol. The zero-order valence-corrected chi connectivity index (χ0v) is 15.0. The van der Waals surface area contributed by atoms with Gasteiger partial charge in [-0.15, -0.1) is 0 Å². The zero-order chi connectivity index (χ0) is 17.9. The topological polar surface area (TPSA) is 61.0 Å². The molecule has 0 bridgehead atoms. The number of fused-ring (bicyclic) bond motifs is 1. The summed E-state index contributed by atoms with van der Waals surface area (Å²) in [5, 5.41) is 3.80. The lowest BCUT2D eigenvalue weighted by Crippen LogP contribution is -2.33. The number of H-pyrrole nitrogens is 1. The van der Waals surface area contributed by atoms with Gasteiger partial charge >= 0.3 is 0 Å². The van der Waals surface area contributed by atoms with E-state index < -0.39 is 0 Å². The second-order valence-corrected chi connectivity index (χ2v) is 7.24. The molecule has 1 saturated heterocycles. The fourth-order valence-corrected chi connectivity index (χ4v) is 3.66. The summed E-state index contributed by atoms with van der Waals surface area (Å²) >= 11 is 0. The number of rotatable bonds is 4. The molecule has 0 radical (unpaired) electrons. The predicted octanol–water partition coefficient (Wildman–Crippen LogP) is 3.90. The summed E-state index contributed by atoms with van der Waals surface area (Å²) < 4.78 is 0. The molecule has 26 heavy (non-hydrogen) atoms. The molecule has 5 heteroatoms. The van der Waals surface area contributed by atoms with Gasteiger partial charge in [-0.25, -0.2) is 4.98 Å². The quantitative estimate of drug-likeness (QED) is 0.751. The zero-order valence-electron chi connectivity index (χ0n) is 15.0. The highest BCUT2D eigenvalue weighted by Crippen LogP contribution is 2.20. The van der Waals surface area contributed by atoms with Crippen LogP contribution in [0.15, 0.2) is 53.3 Å². The number of benzene rings is 2. The Balaban J connectivity index is 1.46. The van der Waals surface area contributed by atoms with Crippen molar-refractivity contribution in [3.8, 4) is 0 Å². The summed E-state index contributed by atoms with van der Waals surface area (Å²) in [4.78, 5) is 22.0. The molecule has 3 aromatic rings. The van der Waals surface area contributed by atoms with Gasteiger partial charge in [0.25, 0.3) is 5.56 Å². The number of aromatic amines is 1. The van der Waals surface area contributed by atoms with Gasteiger partial charge in [-0.05, 0) is 55.1 Å². The van der Waals surface area contributed by atoms with Crippen molar-refractivity contribution >= 4 is 22.5 Å². The van der Waals surface area contributed by atoms with Gasteiger partial charge in [0.05, 0.1) is 10.9 Å². The molecule has 1 aliphatic heterocycles. The first-order valence-electron chi connectivity index (χ1n) is 9.25. The van der Waals surface area contributed by atoms with Crippen LogP contribution in [0.25, 0.3) is 10.9 Å². The van der Waals surface area contributed by atoms with E-state index in [1.54, 1.807) is 6.07 Å². The molecule has 1 aliphatic rings. The van der Waals surface area contributed by atoms with E-state index in [-0.39, 0.29) is 5.56 Å². The SMILES string of the molecule is CC1CCCN(Cc2ccc(Nc3nc4ccccc4c(=O)[nH]3)cc2)C1. The highest BCUT2D eigenvalue weighted by Gasteiger charge is 2.16. The van der Waals surface area contributed by atoms with Gasteiger partial charge in [0.2, 0.25) is 5.95 Å². The fourth-order valence-electron chi connectivity index (χ4n) is 3.66. The van der Waals surface area contributed by atoms with Gasteiger partial charge in [-0.1, -0.05) is 31.2 Å². The molecule has 0 amide bonds. The van der Waals surface area contributed by atoms with E-state index >= 15 is 0 Å². The molecule has 134 valence electrons. The lowest BCUT2D eigenvalue weighted by Gasteiger charge is -2.30. The molecule has 5 nitrogen and oxygen atoms in total. The third kappa shape index (κ3) is 3.78. The first kappa shape index (κ1) is 16.8. The van der Waals surface area contributed by atoms with Crippen LogP contribution in [0.1, 0.15) is 25.3 Å². The molecule has 4 rings (SSSR count). The Kier molecular flexibility index (Phi) is 4.71. The van der Waals surface area contributed by atoms with Gasteiger partial charge in [0, 0.05) is 18.8 Å². The van der Waals surface area contributed by atoms with Gasteiger partial charge in [-0.2, -0.15) is 0 Å². The Hall–Kier alpha value is -2.66. The monoisotopic (exact) mass is 348 g/mol. The number of likely N-dealkylation sites (tertiary alicyclic amines) is 1. The smallest absolute Gasteiger partial charge is 0.260 e. The third-order valence-electron chi connectivity index (χ3n) is 4.98. The number of nitrogens with one attached hydrogen (secondary N) is 2. The average Bonchev–Trinajstić information content (AvgIpc) is 2.64. The number of nitrogens with zero attached hydrogens (tertiary/aromatic N) is 2. The second kappa shape index (κ2) is 7.30. The normalized spacial score (nSPS) is 18.1. The van der Waals surface area contributed by atoms with E-state index in [2.05, 4.69) is 39.2 Å². The number of para-hydroxylation sites is 1. The Morgan fingerprint density at radius 3 is 2.81 bits per heavy atom. The van der Waals surface area contributed by atoms with E-state index in [4.69, 9.17) is 0 Å². The maximum atomic E-state index is 12.2. The summed E-state index contributed by atoms with van der Waals surface area (Å²) in [6.07, 6.45) is 2.64. The molecule has 0 aliphatic carbocycles. The first-order valence-corrected chi connectivity index (χ1v) is 9.25. The molecule has 1 atom stereocenters. The molecule has 0 saturated carbocycles. The van der Waals surface area contributed by atoms with E-state index in [1.807, 2.05) is 30.3 Å². The molecular weight excluding hydrogens is 324 g/mol. The van der Waals surface area contributed by atoms with Crippen LogP contribution in [0.3, 0.4) is 0 Å². The largest absolute Gasteiger partial charge is 0.326 e. The Morgan fingerprint density at radius 2 is 2.00 bits per heavy atom. The number of hydrogen-bond donors (Lipinski definition) is 2. The van der Waals surface area contributed by atoms with Crippen molar-refractivity contribution in [2.45, 2.75) is 26.3 Å². The molecule has 2 N–H and O–H groups in total. The van der Waals surface area contributed by atoms with Gasteiger partial charge in [0.15, 0.2) is 0 Å². The van der Waals surface area contributed by atoms with Crippen molar-refractivity contribution in [1.29, 1.82) is 0 Å². The first-order chi connectivity index (χ1) is 12.7. The summed E-state index contributed by atoms with van der Waals surface area (Å²) in [5.41, 5.74) is 2.78. The van der Waals surface area contributed by atoms with Crippen molar-refractivity contribution in [3.05, 3.63) is 64.4 Å². The van der Waals surface area contributed by atoms with E-state index in [0.29, 0.717) is 16.9 Å². The van der Waals surface area contributed by atoms with Crippen LogP contribution < -0.4 is 10.9 Å². The lowest BCUT2D eigenvalue weighted by molar-refractivity contribution is 0.176. The Labute approximate surface area is 153 Å². The number of piperidine rings is 1. The molecule has 1 fully saturated rings. The van der Waals surface area contributed by atoms with Crippen LogP contribution in [0.5, 0.6) is 0 Å². The van der Waals surface area contributed by atoms with Crippen LogP contribution >= 0.6 is 0 Å². The van der Waals surface area contributed by atoms with Crippen molar-refractivity contribution in [2.75, 3.05) is 18.4 Å². The summed E-state index contributed by atoms with van der Waals surface area (Å²) in [6.45, 7) is 5.70. The van der Waals surface area contributed by atoms with Crippen LogP contribution in [-0.4, -0.2) is 28.0 Å². The number of anilines is 2. The lowest BCUT2D eigenvalue weighted by atomic mass is 10.00. The summed E-state index contributed by atoms with van der Waals surface area (Å²) in [5.74, 6) is 1.26. The Morgan fingerprint density at radius 1 is 1.19 bits per heavy atom. The minimum atomic E-state index is -0.131. The molecule has 2 aromatic carbocycles. The number of aromatic nitrogens is 2. The highest BCUT2D eigenvalue weighted by molar-refractivity contribution is 5.78. The maximum absolute atomic E-state index is 12.2. The molecule has 1 aromatic heterocycles. The van der Waals surface area contributed by atoms with Crippen molar-refractivity contribution in [1.82, 2.24) is 14.9 Å². The van der Waals surface area contributed by atoms with Crippen LogP contribution in [-0.2, 0) is 6.54 Å². The highest BCUT2D eigenvalue weighted by atomic mass is 16.1.